The molecule has 0 bridgehead atoms. The van der Waals surface area contributed by atoms with Crippen LogP contribution >= 0.6 is 27.7 Å². The summed E-state index contributed by atoms with van der Waals surface area (Å²) >= 11 is 6.08. The van der Waals surface area contributed by atoms with E-state index >= 15 is 0 Å². The van der Waals surface area contributed by atoms with Crippen LogP contribution in [0, 0.1) is 0 Å². The Morgan fingerprint density at radius 2 is 1.86 bits per heavy atom. The van der Waals surface area contributed by atoms with Gasteiger partial charge in [-0.15, -0.1) is 6.58 Å². The summed E-state index contributed by atoms with van der Waals surface area (Å²) in [5.41, 5.74) is 11.3. The number of amides is 1. The molecule has 2 aliphatic heterocycles. The van der Waals surface area contributed by atoms with E-state index < -0.39 is 89.8 Å². The number of nitrogens with one attached hydrogen (secondary N) is 1. The standard InChI is InChI=1S/C33H40ClN9O14P2/c1-2-3-7-26(44)40-20(13-51-19-6-4-5-18(34)10-19)32(45)56-21-11-28(43-17-39-29-30(36)37-16-38-31(29)43)55-24(21)15-53-59(49,50)57-22-12-27(54-23(22)14-52-58(47)48)42-9-8-25(35)41-33(42)46/h2,4-6,8-10,16-17,20-24,27-28,58H,1,3,7,11-15H2,(H,40,44)(H,47,48)(H,49,50)(H2,35,41,46)(H2,36,37,38)/t20-,21?,22-,23+,24+,27+,28+/m0/s1. The highest BCUT2D eigenvalue weighted by Gasteiger charge is 2.45. The van der Waals surface area contributed by atoms with Gasteiger partial charge in [-0.05, 0) is 30.7 Å². The molecule has 2 saturated heterocycles. The van der Waals surface area contributed by atoms with Crippen LogP contribution in [0.5, 0.6) is 5.75 Å². The third kappa shape index (κ3) is 11.5. The lowest BCUT2D eigenvalue weighted by Gasteiger charge is -2.24. The molecule has 5 heterocycles. The zero-order chi connectivity index (χ0) is 42.3. The lowest BCUT2D eigenvalue weighted by Crippen LogP contribution is -2.47. The fourth-order valence-corrected chi connectivity index (χ4v) is 7.61. The molecule has 2 aliphatic rings. The van der Waals surface area contributed by atoms with Crippen molar-refractivity contribution in [3.05, 3.63) is 77.3 Å². The van der Waals surface area contributed by atoms with Crippen LogP contribution in [-0.4, -0.2) is 101 Å². The molecule has 23 nitrogen and oxygen atoms in total. The van der Waals surface area contributed by atoms with E-state index in [9.17, 15) is 33.3 Å². The normalized spacial score (nSPS) is 23.6. The van der Waals surface area contributed by atoms with Crippen molar-refractivity contribution in [1.29, 1.82) is 0 Å². The maximum atomic E-state index is 13.8. The smallest absolute Gasteiger partial charge is 0.472 e. The third-order valence-electron chi connectivity index (χ3n) is 8.94. The maximum Gasteiger partial charge on any atom is 0.472 e. The number of esters is 1. The molecular weight excluding hydrogens is 844 g/mol. The number of ether oxygens (including phenoxy) is 4. The van der Waals surface area contributed by atoms with Gasteiger partial charge in [-0.1, -0.05) is 23.7 Å². The molecule has 0 spiro atoms. The number of benzene rings is 1. The van der Waals surface area contributed by atoms with Crippen LogP contribution in [0.3, 0.4) is 0 Å². The van der Waals surface area contributed by atoms with Gasteiger partial charge < -0.3 is 50.0 Å². The quantitative estimate of drug-likeness (QED) is 0.0509. The number of nitrogens with two attached hydrogens (primary N) is 2. The first kappa shape index (κ1) is 43.8. The minimum absolute atomic E-state index is 0.0201. The Morgan fingerprint density at radius 1 is 1.12 bits per heavy atom. The molecule has 1 amide bonds. The molecule has 1 aromatic carbocycles. The number of allylic oxidation sites excluding steroid dienone is 1. The minimum Gasteiger partial charge on any atom is -0.491 e. The van der Waals surface area contributed by atoms with Crippen LogP contribution in [0.25, 0.3) is 11.2 Å². The third-order valence-corrected chi connectivity index (χ3v) is 10.6. The topological polar surface area (TPSA) is 316 Å². The monoisotopic (exact) mass is 883 g/mol. The molecule has 4 aromatic rings. The van der Waals surface area contributed by atoms with Crippen LogP contribution in [0.15, 0.2) is 66.6 Å². The first-order chi connectivity index (χ1) is 28.2. The van der Waals surface area contributed by atoms with E-state index in [1.807, 2.05) is 0 Å². The van der Waals surface area contributed by atoms with E-state index in [1.165, 1.54) is 35.6 Å². The lowest BCUT2D eigenvalue weighted by atomic mass is 10.1. The van der Waals surface area contributed by atoms with Crippen molar-refractivity contribution >= 4 is 62.4 Å². The number of fused-ring (bicyclic) bond motifs is 1. The second-order valence-electron chi connectivity index (χ2n) is 13.0. The number of nitrogens with zero attached hydrogens (tertiary/aromatic N) is 6. The molecule has 3 unspecified atom stereocenters. The molecular formula is C33H40ClN9O14P2. The van der Waals surface area contributed by atoms with Crippen molar-refractivity contribution in [2.45, 2.75) is 68.6 Å². The number of hydrogen-bond acceptors (Lipinski definition) is 18. The van der Waals surface area contributed by atoms with Gasteiger partial charge in [-0.2, -0.15) is 4.98 Å². The molecule has 0 radical (unpaired) electrons. The first-order valence-corrected chi connectivity index (χ1v) is 20.9. The lowest BCUT2D eigenvalue weighted by molar-refractivity contribution is -0.157. The van der Waals surface area contributed by atoms with Gasteiger partial charge in [0, 0.05) is 30.5 Å². The van der Waals surface area contributed by atoms with Gasteiger partial charge in [0.25, 0.3) is 0 Å². The number of rotatable bonds is 19. The highest BCUT2D eigenvalue weighted by atomic mass is 35.5. The molecule has 0 aliphatic carbocycles. The van der Waals surface area contributed by atoms with Crippen molar-refractivity contribution in [3.8, 4) is 5.75 Å². The molecule has 0 saturated carbocycles. The summed E-state index contributed by atoms with van der Waals surface area (Å²) in [5, 5.41) is 2.98. The van der Waals surface area contributed by atoms with E-state index in [0.29, 0.717) is 17.2 Å². The number of phosphoric ester groups is 1. The number of phosphoric acid groups is 1. The number of halogens is 1. The Labute approximate surface area is 340 Å². The Hall–Kier alpha value is -4.80. The Kier molecular flexibility index (Phi) is 14.5. The maximum absolute atomic E-state index is 13.8. The summed E-state index contributed by atoms with van der Waals surface area (Å²) in [7, 11) is -8.53. The fourth-order valence-electron chi connectivity index (χ4n) is 6.16. The summed E-state index contributed by atoms with van der Waals surface area (Å²) < 4.78 is 66.7. The van der Waals surface area contributed by atoms with Crippen LogP contribution in [0.4, 0.5) is 11.6 Å². The number of anilines is 2. The average molecular weight is 884 g/mol. The average Bonchev–Trinajstić information content (AvgIpc) is 3.91. The predicted molar refractivity (Wildman–Crippen MR) is 206 cm³/mol. The molecule has 6 rings (SSSR count). The highest BCUT2D eigenvalue weighted by molar-refractivity contribution is 7.47. The van der Waals surface area contributed by atoms with Gasteiger partial charge >= 0.3 is 27.7 Å². The van der Waals surface area contributed by atoms with E-state index in [-0.39, 0.29) is 48.7 Å². The van der Waals surface area contributed by atoms with E-state index in [0.717, 1.165) is 4.57 Å². The van der Waals surface area contributed by atoms with Crippen LogP contribution in [0.2, 0.25) is 5.02 Å². The summed E-state index contributed by atoms with van der Waals surface area (Å²) in [6.45, 7) is 1.99. The zero-order valence-corrected chi connectivity index (χ0v) is 33.5. The molecule has 2 fully saturated rings. The molecule has 318 valence electrons. The SMILES string of the molecule is C=CCCC(=O)N[C@@H](COc1cccc(Cl)c1)C(=O)OC1C[C@H](n2cnc3c(N)ncnc32)O[C@@H]1COP(=O)(O)O[C@H]1C[C@H](n2ccc(N)nc2=O)O[C@@H]1CO[PH](=O)O. The Bertz CT molecular complexity index is 2280. The van der Waals surface area contributed by atoms with E-state index in [4.69, 9.17) is 55.6 Å². The van der Waals surface area contributed by atoms with Gasteiger partial charge in [-0.3, -0.25) is 27.5 Å². The zero-order valence-electron chi connectivity index (χ0n) is 30.9. The number of carbonyl (C=O) groups is 2. The van der Waals surface area contributed by atoms with Gasteiger partial charge in [0.2, 0.25) is 5.91 Å². The van der Waals surface area contributed by atoms with Crippen molar-refractivity contribution < 1.29 is 61.0 Å². The van der Waals surface area contributed by atoms with Crippen molar-refractivity contribution in [3.63, 3.8) is 0 Å². The molecule has 3 aromatic heterocycles. The number of nitrogen functional groups attached to an aromatic ring is 2. The summed E-state index contributed by atoms with van der Waals surface area (Å²) in [5.74, 6) is -1.08. The Balaban J connectivity index is 1.20. The second-order valence-corrected chi connectivity index (χ2v) is 15.7. The first-order valence-electron chi connectivity index (χ1n) is 17.8. The summed E-state index contributed by atoms with van der Waals surface area (Å²) in [6.07, 6.45) is -1.54. The predicted octanol–water partition coefficient (Wildman–Crippen LogP) is 1.82. The van der Waals surface area contributed by atoms with Crippen LogP contribution in [0.1, 0.15) is 38.1 Å². The highest BCUT2D eigenvalue weighted by Crippen LogP contribution is 2.49. The largest absolute Gasteiger partial charge is 0.491 e. The number of hydrogen-bond donors (Lipinski definition) is 5. The van der Waals surface area contributed by atoms with E-state index in [2.05, 4.69) is 31.8 Å². The minimum atomic E-state index is -5.06. The van der Waals surface area contributed by atoms with Gasteiger partial charge in [0.1, 0.15) is 66.9 Å². The summed E-state index contributed by atoms with van der Waals surface area (Å²) in [6, 6.07) is 6.38. The summed E-state index contributed by atoms with van der Waals surface area (Å²) in [4.78, 5) is 75.4. The van der Waals surface area contributed by atoms with Crippen LogP contribution in [-0.2, 0) is 46.5 Å². The van der Waals surface area contributed by atoms with Crippen molar-refractivity contribution in [2.24, 2.45) is 0 Å². The van der Waals surface area contributed by atoms with Crippen molar-refractivity contribution in [1.82, 2.24) is 34.4 Å². The van der Waals surface area contributed by atoms with E-state index in [1.54, 1.807) is 24.3 Å². The van der Waals surface area contributed by atoms with Crippen LogP contribution < -0.4 is 27.2 Å². The fraction of sp³-hybridized carbons (Fsp3) is 0.424. The van der Waals surface area contributed by atoms with Crippen molar-refractivity contribution in [2.75, 3.05) is 31.3 Å². The van der Waals surface area contributed by atoms with Gasteiger partial charge in [0.05, 0.1) is 19.5 Å². The molecule has 26 heteroatoms. The number of aromatic nitrogens is 6. The van der Waals surface area contributed by atoms with Gasteiger partial charge in [0.15, 0.2) is 17.5 Å². The Morgan fingerprint density at radius 3 is 2.59 bits per heavy atom. The second kappa shape index (κ2) is 19.5. The number of carbonyl (C=O) groups excluding carboxylic acids is 2. The molecule has 7 N–H and O–H groups in total. The molecule has 59 heavy (non-hydrogen) atoms. The number of imidazole rings is 1. The van der Waals surface area contributed by atoms with Gasteiger partial charge in [-0.25, -0.2) is 29.1 Å². The molecule has 9 atom stereocenters.